The number of rotatable bonds is 4. The molecule has 0 bridgehead atoms. The van der Waals surface area contributed by atoms with Crippen LogP contribution in [0.1, 0.15) is 42.1 Å². The first-order valence-corrected chi connectivity index (χ1v) is 6.57. The monoisotopic (exact) mass is 267 g/mol. The Kier molecular flexibility index (Phi) is 5.83. The van der Waals surface area contributed by atoms with E-state index in [1.54, 1.807) is 0 Å². The number of ketones is 1. The van der Waals surface area contributed by atoms with E-state index >= 15 is 0 Å². The van der Waals surface area contributed by atoms with Gasteiger partial charge in [-0.1, -0.05) is 36.8 Å². The summed E-state index contributed by atoms with van der Waals surface area (Å²) in [5, 5.41) is 0. The van der Waals surface area contributed by atoms with Crippen molar-refractivity contribution >= 4 is 18.2 Å². The number of aryl methyl sites for hydroxylation is 1. The summed E-state index contributed by atoms with van der Waals surface area (Å²) in [4.78, 5) is 14.8. The zero-order valence-electron chi connectivity index (χ0n) is 11.2. The van der Waals surface area contributed by atoms with Crippen molar-refractivity contribution in [3.05, 3.63) is 35.4 Å². The van der Waals surface area contributed by atoms with Gasteiger partial charge in [-0.25, -0.2) is 0 Å². The van der Waals surface area contributed by atoms with Gasteiger partial charge in [0.25, 0.3) is 0 Å². The lowest BCUT2D eigenvalue weighted by Crippen LogP contribution is -2.38. The summed E-state index contributed by atoms with van der Waals surface area (Å²) in [5.41, 5.74) is 2.06. The molecular weight excluding hydrogens is 246 g/mol. The summed E-state index contributed by atoms with van der Waals surface area (Å²) >= 11 is 0. The highest BCUT2D eigenvalue weighted by Gasteiger charge is 2.26. The molecule has 1 fully saturated rings. The van der Waals surface area contributed by atoms with Gasteiger partial charge in [0.15, 0.2) is 5.78 Å². The van der Waals surface area contributed by atoms with Crippen LogP contribution >= 0.6 is 12.4 Å². The highest BCUT2D eigenvalue weighted by molar-refractivity contribution is 6.00. The quantitative estimate of drug-likeness (QED) is 0.779. The van der Waals surface area contributed by atoms with Gasteiger partial charge in [-0.3, -0.25) is 9.69 Å². The Morgan fingerprint density at radius 2 is 1.78 bits per heavy atom. The lowest BCUT2D eigenvalue weighted by molar-refractivity contribution is 0.0844. The van der Waals surface area contributed by atoms with Gasteiger partial charge < -0.3 is 0 Å². The van der Waals surface area contributed by atoms with E-state index in [0.29, 0.717) is 0 Å². The van der Waals surface area contributed by atoms with E-state index in [9.17, 15) is 4.79 Å². The second-order valence-corrected chi connectivity index (χ2v) is 4.90. The molecule has 2 rings (SSSR count). The van der Waals surface area contributed by atoms with E-state index in [4.69, 9.17) is 0 Å². The van der Waals surface area contributed by atoms with Gasteiger partial charge in [0, 0.05) is 5.56 Å². The van der Waals surface area contributed by atoms with Gasteiger partial charge in [0.2, 0.25) is 0 Å². The Balaban J connectivity index is 0.00000162. The van der Waals surface area contributed by atoms with Crippen LogP contribution in [0.5, 0.6) is 0 Å². The van der Waals surface area contributed by atoms with Crippen LogP contribution in [-0.2, 0) is 0 Å². The molecule has 1 heterocycles. The number of likely N-dealkylation sites (tertiary alicyclic amines) is 1. The average Bonchev–Trinajstić information content (AvgIpc) is 2.84. The second kappa shape index (κ2) is 6.91. The number of hydrogen-bond donors (Lipinski definition) is 0. The van der Waals surface area contributed by atoms with Gasteiger partial charge >= 0.3 is 0 Å². The lowest BCUT2D eigenvalue weighted by atomic mass is 10.00. The number of carbonyl (C=O) groups excluding carboxylic acids is 1. The number of carbonyl (C=O) groups is 1. The zero-order valence-corrected chi connectivity index (χ0v) is 12.0. The highest BCUT2D eigenvalue weighted by Crippen LogP contribution is 2.18. The van der Waals surface area contributed by atoms with Crippen LogP contribution in [0, 0.1) is 6.92 Å². The van der Waals surface area contributed by atoms with Crippen LogP contribution in [0.2, 0.25) is 0 Å². The topological polar surface area (TPSA) is 20.3 Å². The maximum atomic E-state index is 12.4. The first-order chi connectivity index (χ1) is 8.22. The number of benzene rings is 1. The fourth-order valence-corrected chi connectivity index (χ4v) is 2.57. The van der Waals surface area contributed by atoms with Gasteiger partial charge in [0.1, 0.15) is 0 Å². The van der Waals surface area contributed by atoms with Crippen LogP contribution in [-0.4, -0.2) is 29.8 Å². The van der Waals surface area contributed by atoms with Crippen molar-refractivity contribution in [3.8, 4) is 0 Å². The molecule has 1 aliphatic rings. The molecule has 0 radical (unpaired) electrons. The van der Waals surface area contributed by atoms with E-state index in [2.05, 4.69) is 11.8 Å². The van der Waals surface area contributed by atoms with Gasteiger partial charge in [-0.15, -0.1) is 12.4 Å². The van der Waals surface area contributed by atoms with Crippen molar-refractivity contribution < 1.29 is 4.79 Å². The van der Waals surface area contributed by atoms with Crippen molar-refractivity contribution in [2.45, 2.75) is 39.2 Å². The minimum atomic E-state index is 0. The van der Waals surface area contributed by atoms with Crippen molar-refractivity contribution in [2.75, 3.05) is 13.1 Å². The Labute approximate surface area is 116 Å². The van der Waals surface area contributed by atoms with E-state index in [-0.39, 0.29) is 24.2 Å². The normalized spacial score (nSPS) is 17.2. The maximum Gasteiger partial charge on any atom is 0.179 e. The third-order valence-electron chi connectivity index (χ3n) is 3.61. The van der Waals surface area contributed by atoms with Crippen molar-refractivity contribution in [3.63, 3.8) is 0 Å². The molecule has 1 aliphatic heterocycles. The van der Waals surface area contributed by atoms with Crippen LogP contribution in [0.3, 0.4) is 0 Å². The molecule has 0 spiro atoms. The summed E-state index contributed by atoms with van der Waals surface area (Å²) in [6, 6.07) is 8.03. The molecule has 1 aromatic rings. The average molecular weight is 268 g/mol. The molecule has 0 saturated carbocycles. The maximum absolute atomic E-state index is 12.4. The smallest absolute Gasteiger partial charge is 0.179 e. The first kappa shape index (κ1) is 15.2. The van der Waals surface area contributed by atoms with Gasteiger partial charge in [-0.05, 0) is 39.3 Å². The minimum absolute atomic E-state index is 0. The Morgan fingerprint density at radius 3 is 2.28 bits per heavy atom. The predicted octanol–water partition coefficient (Wildman–Crippen LogP) is 3.47. The number of hydrogen-bond acceptors (Lipinski definition) is 2. The Morgan fingerprint density at radius 1 is 1.22 bits per heavy atom. The van der Waals surface area contributed by atoms with E-state index in [0.717, 1.165) is 25.1 Å². The summed E-state index contributed by atoms with van der Waals surface area (Å²) in [6.45, 7) is 6.31. The van der Waals surface area contributed by atoms with Crippen LogP contribution in [0.15, 0.2) is 24.3 Å². The van der Waals surface area contributed by atoms with Crippen molar-refractivity contribution in [1.82, 2.24) is 4.90 Å². The third-order valence-corrected chi connectivity index (χ3v) is 3.61. The highest BCUT2D eigenvalue weighted by atomic mass is 35.5. The molecule has 0 N–H and O–H groups in total. The third kappa shape index (κ3) is 3.33. The molecule has 18 heavy (non-hydrogen) atoms. The number of halogens is 1. The van der Waals surface area contributed by atoms with E-state index in [1.807, 2.05) is 31.2 Å². The molecular formula is C15H22ClNO. The zero-order chi connectivity index (χ0) is 12.3. The Bertz CT molecular complexity index is 382. The lowest BCUT2D eigenvalue weighted by Gasteiger charge is -2.25. The molecule has 0 aliphatic carbocycles. The summed E-state index contributed by atoms with van der Waals surface area (Å²) in [6.07, 6.45) is 3.38. The SMILES string of the molecule is CCC(C(=O)c1ccc(C)cc1)N1CCCC1.Cl. The van der Waals surface area contributed by atoms with Gasteiger partial charge in [-0.2, -0.15) is 0 Å². The largest absolute Gasteiger partial charge is 0.293 e. The molecule has 100 valence electrons. The molecule has 1 aromatic carbocycles. The first-order valence-electron chi connectivity index (χ1n) is 6.57. The molecule has 0 aromatic heterocycles. The molecule has 1 atom stereocenters. The molecule has 1 unspecified atom stereocenters. The van der Waals surface area contributed by atoms with Crippen molar-refractivity contribution in [1.29, 1.82) is 0 Å². The summed E-state index contributed by atoms with van der Waals surface area (Å²) < 4.78 is 0. The fraction of sp³-hybridized carbons (Fsp3) is 0.533. The predicted molar refractivity (Wildman–Crippen MR) is 77.6 cm³/mol. The standard InChI is InChI=1S/C15H21NO.ClH/c1-3-14(16-10-4-5-11-16)15(17)13-8-6-12(2)7-9-13;/h6-9,14H,3-5,10-11H2,1-2H3;1H. The van der Waals surface area contributed by atoms with Crippen LogP contribution in [0.4, 0.5) is 0 Å². The molecule has 3 heteroatoms. The summed E-state index contributed by atoms with van der Waals surface area (Å²) in [7, 11) is 0. The summed E-state index contributed by atoms with van der Waals surface area (Å²) in [5.74, 6) is 0.286. The fourth-order valence-electron chi connectivity index (χ4n) is 2.57. The molecule has 2 nitrogen and oxygen atoms in total. The molecule has 0 amide bonds. The van der Waals surface area contributed by atoms with Crippen LogP contribution < -0.4 is 0 Å². The van der Waals surface area contributed by atoms with Crippen molar-refractivity contribution in [2.24, 2.45) is 0 Å². The van der Waals surface area contributed by atoms with E-state index < -0.39 is 0 Å². The van der Waals surface area contributed by atoms with Gasteiger partial charge in [0.05, 0.1) is 6.04 Å². The van der Waals surface area contributed by atoms with E-state index in [1.165, 1.54) is 18.4 Å². The second-order valence-electron chi connectivity index (χ2n) is 4.90. The minimum Gasteiger partial charge on any atom is -0.293 e. The number of nitrogens with zero attached hydrogens (tertiary/aromatic N) is 1. The number of Topliss-reactive ketones (excluding diaryl/α,β-unsaturated/α-hetero) is 1. The Hall–Kier alpha value is -0.860. The molecule has 1 saturated heterocycles. The van der Waals surface area contributed by atoms with Crippen LogP contribution in [0.25, 0.3) is 0 Å².